The molecule has 1 fully saturated rings. The van der Waals surface area contributed by atoms with E-state index in [1.165, 1.54) is 12.8 Å². The smallest absolute Gasteiger partial charge is 0.226 e. The topological polar surface area (TPSA) is 35.9 Å². The molecule has 0 N–H and O–H groups in total. The van der Waals surface area contributed by atoms with Gasteiger partial charge >= 0.3 is 0 Å². The molecule has 0 unspecified atom stereocenters. The van der Waals surface area contributed by atoms with Gasteiger partial charge in [0.15, 0.2) is 0 Å². The van der Waals surface area contributed by atoms with Crippen LogP contribution in [0, 0.1) is 0 Å². The van der Waals surface area contributed by atoms with Crippen LogP contribution in [0.3, 0.4) is 0 Å². The first-order valence-corrected chi connectivity index (χ1v) is 5.05. The Morgan fingerprint density at radius 2 is 2.14 bits per heavy atom. The molecule has 4 heteroatoms. The number of hydrogen-bond donors (Lipinski definition) is 0. The second kappa shape index (κ2) is 3.82. The van der Waals surface area contributed by atoms with Crippen LogP contribution in [0.5, 0.6) is 0 Å². The van der Waals surface area contributed by atoms with E-state index in [9.17, 15) is 4.79 Å². The second-order valence-corrected chi connectivity index (χ2v) is 3.64. The lowest BCUT2D eigenvalue weighted by Gasteiger charge is -2.30. The van der Waals surface area contributed by atoms with Crippen molar-refractivity contribution >= 4 is 11.9 Å². The van der Waals surface area contributed by atoms with E-state index in [0.717, 1.165) is 19.0 Å². The Kier molecular flexibility index (Phi) is 2.52. The first kappa shape index (κ1) is 9.24. The van der Waals surface area contributed by atoms with Crippen LogP contribution in [0.1, 0.15) is 19.8 Å². The SMILES string of the molecule is CC(=O)N1CC=CN=C1N1CCCC1. The Morgan fingerprint density at radius 1 is 1.43 bits per heavy atom. The summed E-state index contributed by atoms with van der Waals surface area (Å²) in [5.41, 5.74) is 0. The lowest BCUT2D eigenvalue weighted by atomic mass is 10.4. The van der Waals surface area contributed by atoms with Crippen LogP contribution in [-0.2, 0) is 4.79 Å². The molecular weight excluding hydrogens is 178 g/mol. The van der Waals surface area contributed by atoms with E-state index in [1.807, 2.05) is 6.08 Å². The van der Waals surface area contributed by atoms with E-state index in [1.54, 1.807) is 18.0 Å². The lowest BCUT2D eigenvalue weighted by molar-refractivity contribution is -0.125. The van der Waals surface area contributed by atoms with Crippen molar-refractivity contribution in [2.45, 2.75) is 19.8 Å². The normalized spacial score (nSPS) is 21.4. The third kappa shape index (κ3) is 1.64. The average Bonchev–Trinajstić information content (AvgIpc) is 2.70. The molecule has 2 aliphatic rings. The summed E-state index contributed by atoms with van der Waals surface area (Å²) in [6, 6.07) is 0. The van der Waals surface area contributed by atoms with Gasteiger partial charge in [0.2, 0.25) is 11.9 Å². The highest BCUT2D eigenvalue weighted by Crippen LogP contribution is 2.13. The van der Waals surface area contributed by atoms with E-state index in [4.69, 9.17) is 0 Å². The first-order valence-electron chi connectivity index (χ1n) is 5.05. The maximum atomic E-state index is 11.4. The van der Waals surface area contributed by atoms with E-state index >= 15 is 0 Å². The number of hydrogen-bond acceptors (Lipinski definition) is 3. The van der Waals surface area contributed by atoms with Crippen LogP contribution in [0.4, 0.5) is 0 Å². The summed E-state index contributed by atoms with van der Waals surface area (Å²) >= 11 is 0. The van der Waals surface area contributed by atoms with E-state index in [-0.39, 0.29) is 5.91 Å². The Labute approximate surface area is 83.9 Å². The molecule has 1 saturated heterocycles. The quantitative estimate of drug-likeness (QED) is 0.571. The zero-order chi connectivity index (χ0) is 9.97. The van der Waals surface area contributed by atoms with Gasteiger partial charge in [-0.25, -0.2) is 4.99 Å². The third-order valence-electron chi connectivity index (χ3n) is 2.59. The molecule has 4 nitrogen and oxygen atoms in total. The van der Waals surface area contributed by atoms with E-state index in [0.29, 0.717) is 6.54 Å². The highest BCUT2D eigenvalue weighted by atomic mass is 16.2. The van der Waals surface area contributed by atoms with Gasteiger partial charge in [0.05, 0.1) is 0 Å². The molecular formula is C10H15N3O. The first-order chi connectivity index (χ1) is 6.79. The summed E-state index contributed by atoms with van der Waals surface area (Å²) in [5, 5.41) is 0. The van der Waals surface area contributed by atoms with Crippen molar-refractivity contribution in [3.05, 3.63) is 12.3 Å². The summed E-state index contributed by atoms with van der Waals surface area (Å²) in [7, 11) is 0. The Hall–Kier alpha value is -1.32. The van der Waals surface area contributed by atoms with Gasteiger partial charge in [0.1, 0.15) is 0 Å². The van der Waals surface area contributed by atoms with Crippen molar-refractivity contribution in [1.82, 2.24) is 9.80 Å². The second-order valence-electron chi connectivity index (χ2n) is 3.64. The number of nitrogens with zero attached hydrogens (tertiary/aromatic N) is 3. The van der Waals surface area contributed by atoms with Crippen LogP contribution in [0.15, 0.2) is 17.3 Å². The predicted octanol–water partition coefficient (Wildman–Crippen LogP) is 0.814. The standard InChI is InChI=1S/C10H15N3O/c1-9(14)13-8-4-5-11-10(13)12-6-2-3-7-12/h4-5H,2-3,6-8H2,1H3. The summed E-state index contributed by atoms with van der Waals surface area (Å²) in [6.45, 7) is 4.29. The molecule has 76 valence electrons. The zero-order valence-corrected chi connectivity index (χ0v) is 8.44. The molecule has 2 aliphatic heterocycles. The Morgan fingerprint density at radius 3 is 2.79 bits per heavy atom. The highest BCUT2D eigenvalue weighted by molar-refractivity contribution is 5.97. The Balaban J connectivity index is 2.16. The van der Waals surface area contributed by atoms with Crippen molar-refractivity contribution in [2.75, 3.05) is 19.6 Å². The largest absolute Gasteiger partial charge is 0.342 e. The number of carbonyl (C=O) groups excluding carboxylic acids is 1. The number of guanidine groups is 1. The number of amides is 1. The molecule has 2 rings (SSSR count). The minimum absolute atomic E-state index is 0.0694. The van der Waals surface area contributed by atoms with Gasteiger partial charge in [-0.1, -0.05) is 0 Å². The predicted molar refractivity (Wildman–Crippen MR) is 54.8 cm³/mol. The number of rotatable bonds is 0. The number of aliphatic imine (C=N–C) groups is 1. The molecule has 1 amide bonds. The molecule has 0 atom stereocenters. The van der Waals surface area contributed by atoms with Crippen LogP contribution >= 0.6 is 0 Å². The van der Waals surface area contributed by atoms with Gasteiger partial charge in [-0.3, -0.25) is 9.69 Å². The summed E-state index contributed by atoms with van der Waals surface area (Å²) in [6.07, 6.45) is 6.09. The maximum absolute atomic E-state index is 11.4. The molecule has 0 aromatic carbocycles. The minimum atomic E-state index is 0.0694. The molecule has 14 heavy (non-hydrogen) atoms. The van der Waals surface area contributed by atoms with Crippen LogP contribution < -0.4 is 0 Å². The fourth-order valence-corrected chi connectivity index (χ4v) is 1.86. The molecule has 0 aromatic rings. The number of carbonyl (C=O) groups is 1. The average molecular weight is 193 g/mol. The zero-order valence-electron chi connectivity index (χ0n) is 8.44. The van der Waals surface area contributed by atoms with Crippen LogP contribution in [0.2, 0.25) is 0 Å². The van der Waals surface area contributed by atoms with Gasteiger partial charge in [0, 0.05) is 32.8 Å². The lowest BCUT2D eigenvalue weighted by Crippen LogP contribution is -2.46. The molecule has 0 aliphatic carbocycles. The Bertz CT molecular complexity index is 290. The van der Waals surface area contributed by atoms with Gasteiger partial charge in [0.25, 0.3) is 0 Å². The van der Waals surface area contributed by atoms with E-state index < -0.39 is 0 Å². The van der Waals surface area contributed by atoms with E-state index in [2.05, 4.69) is 9.89 Å². The van der Waals surface area contributed by atoms with Crippen molar-refractivity contribution in [1.29, 1.82) is 0 Å². The third-order valence-corrected chi connectivity index (χ3v) is 2.59. The van der Waals surface area contributed by atoms with Gasteiger partial charge < -0.3 is 4.90 Å². The van der Waals surface area contributed by atoms with Crippen molar-refractivity contribution < 1.29 is 4.79 Å². The van der Waals surface area contributed by atoms with Crippen LogP contribution in [-0.4, -0.2) is 41.3 Å². The van der Waals surface area contributed by atoms with Crippen molar-refractivity contribution in [3.8, 4) is 0 Å². The number of likely N-dealkylation sites (tertiary alicyclic amines) is 1. The summed E-state index contributed by atoms with van der Waals surface area (Å²) < 4.78 is 0. The van der Waals surface area contributed by atoms with Gasteiger partial charge in [-0.15, -0.1) is 0 Å². The molecule has 0 bridgehead atoms. The van der Waals surface area contributed by atoms with Crippen molar-refractivity contribution in [2.24, 2.45) is 4.99 Å². The van der Waals surface area contributed by atoms with Crippen LogP contribution in [0.25, 0.3) is 0 Å². The fraction of sp³-hybridized carbons (Fsp3) is 0.600. The molecule has 0 spiro atoms. The summed E-state index contributed by atoms with van der Waals surface area (Å²) in [5.74, 6) is 0.900. The maximum Gasteiger partial charge on any atom is 0.226 e. The minimum Gasteiger partial charge on any atom is -0.342 e. The van der Waals surface area contributed by atoms with Gasteiger partial charge in [-0.2, -0.15) is 0 Å². The molecule has 2 heterocycles. The molecule has 0 saturated carbocycles. The highest BCUT2D eigenvalue weighted by Gasteiger charge is 2.24. The summed E-state index contributed by atoms with van der Waals surface area (Å²) in [4.78, 5) is 19.5. The monoisotopic (exact) mass is 193 g/mol. The molecule has 0 radical (unpaired) electrons. The van der Waals surface area contributed by atoms with Crippen molar-refractivity contribution in [3.63, 3.8) is 0 Å². The fourth-order valence-electron chi connectivity index (χ4n) is 1.86. The molecule has 0 aromatic heterocycles. The van der Waals surface area contributed by atoms with Gasteiger partial charge in [-0.05, 0) is 18.9 Å².